The molecule has 0 aromatic heterocycles. The predicted molar refractivity (Wildman–Crippen MR) is 65.7 cm³/mol. The molecule has 0 spiro atoms. The number of aldehydes is 1. The average Bonchev–Trinajstić information content (AvgIpc) is 3.11. The fourth-order valence-corrected chi connectivity index (χ4v) is 2.47. The van der Waals surface area contributed by atoms with Crippen molar-refractivity contribution in [3.8, 4) is 0 Å². The predicted octanol–water partition coefficient (Wildman–Crippen LogP) is 3.38. The molecule has 1 aliphatic carbocycles. The van der Waals surface area contributed by atoms with Gasteiger partial charge in [-0.3, -0.25) is 0 Å². The van der Waals surface area contributed by atoms with Crippen LogP contribution in [0.3, 0.4) is 0 Å². The van der Waals surface area contributed by atoms with E-state index in [0.29, 0.717) is 0 Å². The molecule has 1 heteroatoms. The molecule has 0 saturated heterocycles. The van der Waals surface area contributed by atoms with Gasteiger partial charge in [0.15, 0.2) is 0 Å². The van der Waals surface area contributed by atoms with E-state index in [2.05, 4.69) is 37.3 Å². The lowest BCUT2D eigenvalue weighted by Crippen LogP contribution is -2.08. The molecule has 80 valence electrons. The zero-order valence-electron chi connectivity index (χ0n) is 9.36. The quantitative estimate of drug-likeness (QED) is 0.694. The lowest BCUT2D eigenvalue weighted by molar-refractivity contribution is -0.109. The maximum atomic E-state index is 11.2. The van der Waals surface area contributed by atoms with Crippen LogP contribution in [0.4, 0.5) is 0 Å². The van der Waals surface area contributed by atoms with Gasteiger partial charge in [-0.05, 0) is 41.7 Å². The molecule has 0 bridgehead atoms. The van der Waals surface area contributed by atoms with Crippen molar-refractivity contribution in [1.82, 2.24) is 0 Å². The molecule has 1 aliphatic rings. The van der Waals surface area contributed by atoms with Gasteiger partial charge in [0.25, 0.3) is 0 Å². The van der Waals surface area contributed by atoms with Gasteiger partial charge in [-0.1, -0.05) is 36.4 Å². The van der Waals surface area contributed by atoms with Crippen molar-refractivity contribution >= 4 is 17.1 Å². The van der Waals surface area contributed by atoms with E-state index in [0.717, 1.165) is 19.1 Å². The highest BCUT2D eigenvalue weighted by Gasteiger charge is 2.45. The number of benzene rings is 2. The minimum absolute atomic E-state index is 0.173. The topological polar surface area (TPSA) is 17.1 Å². The molecule has 1 fully saturated rings. The van der Waals surface area contributed by atoms with E-state index >= 15 is 0 Å². The second-order valence-electron chi connectivity index (χ2n) is 4.75. The van der Waals surface area contributed by atoms with Gasteiger partial charge < -0.3 is 4.79 Å². The minimum atomic E-state index is -0.173. The molecule has 0 amide bonds. The molecule has 3 rings (SSSR count). The molecule has 16 heavy (non-hydrogen) atoms. The number of rotatable bonds is 2. The molecular formula is C15H14O. The van der Waals surface area contributed by atoms with Crippen LogP contribution in [0.2, 0.25) is 0 Å². The van der Waals surface area contributed by atoms with Crippen LogP contribution in [-0.4, -0.2) is 6.29 Å². The molecule has 2 aromatic carbocycles. The second-order valence-corrected chi connectivity index (χ2v) is 4.75. The van der Waals surface area contributed by atoms with Gasteiger partial charge in [-0.2, -0.15) is 0 Å². The van der Waals surface area contributed by atoms with Crippen molar-refractivity contribution in [2.24, 2.45) is 0 Å². The lowest BCUT2D eigenvalue weighted by atomic mass is 9.90. The summed E-state index contributed by atoms with van der Waals surface area (Å²) in [6.45, 7) is 2.12. The van der Waals surface area contributed by atoms with Crippen LogP contribution < -0.4 is 0 Å². The van der Waals surface area contributed by atoms with Crippen molar-refractivity contribution in [2.45, 2.75) is 25.2 Å². The van der Waals surface area contributed by atoms with Gasteiger partial charge in [-0.25, -0.2) is 0 Å². The van der Waals surface area contributed by atoms with Crippen molar-refractivity contribution < 1.29 is 4.79 Å². The van der Waals surface area contributed by atoms with Crippen LogP contribution in [0.15, 0.2) is 36.4 Å². The summed E-state index contributed by atoms with van der Waals surface area (Å²) < 4.78 is 0. The fourth-order valence-electron chi connectivity index (χ4n) is 2.47. The molecular weight excluding hydrogens is 196 g/mol. The van der Waals surface area contributed by atoms with Crippen LogP contribution >= 0.6 is 0 Å². The molecule has 0 aliphatic heterocycles. The van der Waals surface area contributed by atoms with Crippen LogP contribution in [-0.2, 0) is 10.2 Å². The maximum absolute atomic E-state index is 11.2. The summed E-state index contributed by atoms with van der Waals surface area (Å²) in [5.41, 5.74) is 2.32. The Morgan fingerprint density at radius 1 is 1.06 bits per heavy atom. The first kappa shape index (κ1) is 9.59. The highest BCUT2D eigenvalue weighted by Crippen LogP contribution is 2.48. The number of aryl methyl sites for hydroxylation is 1. The van der Waals surface area contributed by atoms with Crippen molar-refractivity contribution in [2.75, 3.05) is 0 Å². The van der Waals surface area contributed by atoms with Gasteiger partial charge in [0.1, 0.15) is 6.29 Å². The summed E-state index contributed by atoms with van der Waals surface area (Å²) in [6.07, 6.45) is 3.14. The minimum Gasteiger partial charge on any atom is -0.302 e. The van der Waals surface area contributed by atoms with E-state index in [-0.39, 0.29) is 5.41 Å². The van der Waals surface area contributed by atoms with E-state index in [4.69, 9.17) is 0 Å². The molecule has 0 atom stereocenters. The highest BCUT2D eigenvalue weighted by molar-refractivity contribution is 5.93. The van der Waals surface area contributed by atoms with Gasteiger partial charge in [0, 0.05) is 0 Å². The highest BCUT2D eigenvalue weighted by atomic mass is 16.1. The van der Waals surface area contributed by atoms with Crippen molar-refractivity contribution in [3.05, 3.63) is 47.5 Å². The zero-order chi connectivity index (χ0) is 11.2. The molecule has 0 N–H and O–H groups in total. The van der Waals surface area contributed by atoms with E-state index in [1.54, 1.807) is 0 Å². The summed E-state index contributed by atoms with van der Waals surface area (Å²) in [5.74, 6) is 0. The third-order valence-electron chi connectivity index (χ3n) is 3.69. The van der Waals surface area contributed by atoms with Gasteiger partial charge in [0.2, 0.25) is 0 Å². The largest absolute Gasteiger partial charge is 0.302 e. The Bertz CT molecular complexity index is 565. The van der Waals surface area contributed by atoms with Crippen LogP contribution in [0.25, 0.3) is 10.8 Å². The standard InChI is InChI=1S/C15H14O/c1-11-6-7-14(15(10-16)8-9-15)13-5-3-2-4-12(11)13/h2-7,10H,8-9H2,1H3. The molecule has 1 saturated carbocycles. The van der Waals surface area contributed by atoms with Crippen LogP contribution in [0.5, 0.6) is 0 Å². The molecule has 1 nitrogen and oxygen atoms in total. The summed E-state index contributed by atoms with van der Waals surface area (Å²) in [4.78, 5) is 11.2. The third kappa shape index (κ3) is 1.21. The summed E-state index contributed by atoms with van der Waals surface area (Å²) in [7, 11) is 0. The van der Waals surface area contributed by atoms with Crippen LogP contribution in [0, 0.1) is 6.92 Å². The SMILES string of the molecule is Cc1ccc(C2(C=O)CC2)c2ccccc12. The van der Waals surface area contributed by atoms with Gasteiger partial charge in [0.05, 0.1) is 5.41 Å². The summed E-state index contributed by atoms with van der Waals surface area (Å²) in [6, 6.07) is 12.6. The number of fused-ring (bicyclic) bond motifs is 1. The molecule has 0 unspecified atom stereocenters. The first-order chi connectivity index (χ1) is 7.77. The first-order valence-electron chi connectivity index (χ1n) is 5.72. The number of hydrogen-bond donors (Lipinski definition) is 0. The third-order valence-corrected chi connectivity index (χ3v) is 3.69. The fraction of sp³-hybridized carbons (Fsp3) is 0.267. The Kier molecular flexibility index (Phi) is 1.90. The number of carbonyl (C=O) groups is 1. The van der Waals surface area contributed by atoms with Gasteiger partial charge >= 0.3 is 0 Å². The smallest absolute Gasteiger partial charge is 0.130 e. The van der Waals surface area contributed by atoms with Crippen molar-refractivity contribution in [1.29, 1.82) is 0 Å². The van der Waals surface area contributed by atoms with Gasteiger partial charge in [-0.15, -0.1) is 0 Å². The van der Waals surface area contributed by atoms with E-state index < -0.39 is 0 Å². The van der Waals surface area contributed by atoms with Crippen molar-refractivity contribution in [3.63, 3.8) is 0 Å². The normalized spacial score (nSPS) is 17.3. The zero-order valence-corrected chi connectivity index (χ0v) is 9.36. The second kappa shape index (κ2) is 3.18. The first-order valence-corrected chi connectivity index (χ1v) is 5.72. The maximum Gasteiger partial charge on any atom is 0.130 e. The van der Waals surface area contributed by atoms with E-state index in [9.17, 15) is 4.79 Å². The monoisotopic (exact) mass is 210 g/mol. The Hall–Kier alpha value is -1.63. The lowest BCUT2D eigenvalue weighted by Gasteiger charge is -2.13. The summed E-state index contributed by atoms with van der Waals surface area (Å²) >= 11 is 0. The molecule has 2 aromatic rings. The molecule has 0 heterocycles. The van der Waals surface area contributed by atoms with E-state index in [1.165, 1.54) is 21.9 Å². The Labute approximate surface area is 95.1 Å². The summed E-state index contributed by atoms with van der Waals surface area (Å²) in [5, 5.41) is 2.51. The van der Waals surface area contributed by atoms with E-state index in [1.807, 2.05) is 6.07 Å². The Morgan fingerprint density at radius 2 is 1.75 bits per heavy atom. The molecule has 0 radical (unpaired) electrons. The van der Waals surface area contributed by atoms with Crippen LogP contribution in [0.1, 0.15) is 24.0 Å². The number of hydrogen-bond acceptors (Lipinski definition) is 1. The Morgan fingerprint density at radius 3 is 2.38 bits per heavy atom. The number of carbonyl (C=O) groups excluding carboxylic acids is 1. The Balaban J connectivity index is 2.34. The average molecular weight is 210 g/mol.